The molecule has 1 aromatic rings. The molecule has 5 nitrogen and oxygen atoms in total. The van der Waals surface area contributed by atoms with Gasteiger partial charge in [-0.3, -0.25) is 4.79 Å². The predicted molar refractivity (Wildman–Crippen MR) is 110 cm³/mol. The molecule has 0 unspecified atom stereocenters. The molecular weight excluding hydrogens is 434 g/mol. The lowest BCUT2D eigenvalue weighted by atomic mass is 9.95. The third kappa shape index (κ3) is 5.98. The minimum atomic E-state index is -0.187. The quantitative estimate of drug-likeness (QED) is 0.284. The van der Waals surface area contributed by atoms with Crippen molar-refractivity contribution in [1.29, 1.82) is 0 Å². The third-order valence-electron chi connectivity index (χ3n) is 4.18. The second-order valence-corrected chi connectivity index (χ2v) is 6.24. The van der Waals surface area contributed by atoms with Crippen LogP contribution in [0.25, 0.3) is 0 Å². The van der Waals surface area contributed by atoms with Crippen molar-refractivity contribution in [2.24, 2.45) is 4.99 Å². The van der Waals surface area contributed by atoms with Crippen LogP contribution >= 0.6 is 24.0 Å². The molecule has 0 heterocycles. The number of benzene rings is 1. The number of guanidine groups is 1. The molecule has 1 amide bonds. The number of carbonyl (C=O) groups is 1. The van der Waals surface area contributed by atoms with Crippen LogP contribution in [0.1, 0.15) is 18.4 Å². The smallest absolute Gasteiger partial charge is 0.243 e. The average Bonchev–Trinajstić information content (AvgIpc) is 3.35. The lowest BCUT2D eigenvalue weighted by Gasteiger charge is -2.19. The van der Waals surface area contributed by atoms with Gasteiger partial charge in [0.2, 0.25) is 5.91 Å². The first-order valence-electron chi connectivity index (χ1n) is 8.07. The Hall–Kier alpha value is -1.64. The molecule has 1 aliphatic rings. The number of rotatable bonds is 7. The highest BCUT2D eigenvalue weighted by Gasteiger charge is 2.45. The first-order chi connectivity index (χ1) is 11.5. The highest BCUT2D eigenvalue weighted by Crippen LogP contribution is 2.48. The van der Waals surface area contributed by atoms with E-state index in [9.17, 15) is 9.18 Å². The van der Waals surface area contributed by atoms with Crippen molar-refractivity contribution < 1.29 is 9.18 Å². The molecule has 1 fully saturated rings. The Morgan fingerprint density at radius 1 is 1.36 bits per heavy atom. The van der Waals surface area contributed by atoms with Gasteiger partial charge in [0.15, 0.2) is 5.96 Å². The van der Waals surface area contributed by atoms with Gasteiger partial charge in [0.25, 0.3) is 0 Å². The summed E-state index contributed by atoms with van der Waals surface area (Å²) in [5, 5.41) is 6.32. The molecule has 0 saturated heterocycles. The summed E-state index contributed by atoms with van der Waals surface area (Å²) in [6.45, 7) is 4.84. The molecule has 7 heteroatoms. The molecule has 25 heavy (non-hydrogen) atoms. The molecule has 0 spiro atoms. The van der Waals surface area contributed by atoms with Crippen LogP contribution in [0.15, 0.2) is 41.9 Å². The topological polar surface area (TPSA) is 56.7 Å². The van der Waals surface area contributed by atoms with E-state index in [1.165, 1.54) is 11.0 Å². The number of aliphatic imine (C=N–C) groups is 1. The maximum Gasteiger partial charge on any atom is 0.243 e. The molecule has 2 N–H and O–H groups in total. The summed E-state index contributed by atoms with van der Waals surface area (Å²) in [7, 11) is 3.39. The van der Waals surface area contributed by atoms with E-state index in [-0.39, 0.29) is 47.7 Å². The number of hydrogen-bond donors (Lipinski definition) is 2. The summed E-state index contributed by atoms with van der Waals surface area (Å²) in [5.41, 5.74) is 0.554. The Bertz CT molecular complexity index is 629. The van der Waals surface area contributed by atoms with Gasteiger partial charge in [0.05, 0.1) is 0 Å². The molecule has 138 valence electrons. The van der Waals surface area contributed by atoms with Crippen molar-refractivity contribution in [1.82, 2.24) is 15.5 Å². The molecule has 0 radical (unpaired) electrons. The van der Waals surface area contributed by atoms with Gasteiger partial charge in [-0.2, -0.15) is 0 Å². The Morgan fingerprint density at radius 3 is 2.60 bits per heavy atom. The normalized spacial score (nSPS) is 14.9. The second kappa shape index (κ2) is 9.74. The molecule has 2 rings (SSSR count). The molecule has 1 aromatic carbocycles. The Morgan fingerprint density at radius 2 is 2.04 bits per heavy atom. The molecule has 0 aromatic heterocycles. The number of likely N-dealkylation sites (N-methyl/N-ethyl adjacent to an activating group) is 1. The van der Waals surface area contributed by atoms with Crippen molar-refractivity contribution in [3.8, 4) is 0 Å². The zero-order chi connectivity index (χ0) is 17.6. The Balaban J connectivity index is 0.00000312. The van der Waals surface area contributed by atoms with Gasteiger partial charge in [-0.05, 0) is 24.5 Å². The third-order valence-corrected chi connectivity index (χ3v) is 4.18. The van der Waals surface area contributed by atoms with Gasteiger partial charge in [-0.25, -0.2) is 9.38 Å². The fourth-order valence-corrected chi connectivity index (χ4v) is 2.47. The van der Waals surface area contributed by atoms with Crippen molar-refractivity contribution in [2.45, 2.75) is 18.3 Å². The summed E-state index contributed by atoms with van der Waals surface area (Å²) < 4.78 is 14.1. The van der Waals surface area contributed by atoms with Crippen molar-refractivity contribution in [2.75, 3.05) is 33.7 Å². The lowest BCUT2D eigenvalue weighted by Crippen LogP contribution is -2.42. The number of amides is 1. The lowest BCUT2D eigenvalue weighted by molar-refractivity contribution is -0.127. The molecule has 1 aliphatic carbocycles. The summed E-state index contributed by atoms with van der Waals surface area (Å²) in [6, 6.07) is 6.90. The fourth-order valence-electron chi connectivity index (χ4n) is 2.47. The van der Waals surface area contributed by atoms with E-state index in [2.05, 4.69) is 22.2 Å². The zero-order valence-electron chi connectivity index (χ0n) is 14.7. The van der Waals surface area contributed by atoms with E-state index in [1.807, 2.05) is 12.1 Å². The Kier molecular flexibility index (Phi) is 8.34. The summed E-state index contributed by atoms with van der Waals surface area (Å²) in [5.74, 6) is 0.287. The first kappa shape index (κ1) is 21.4. The van der Waals surface area contributed by atoms with Crippen molar-refractivity contribution in [3.63, 3.8) is 0 Å². The summed E-state index contributed by atoms with van der Waals surface area (Å²) in [4.78, 5) is 17.5. The molecule has 0 aliphatic heterocycles. The number of nitrogens with zero attached hydrogens (tertiary/aromatic N) is 2. The van der Waals surface area contributed by atoms with Gasteiger partial charge < -0.3 is 15.5 Å². The number of hydrogen-bond acceptors (Lipinski definition) is 2. The number of halogens is 2. The van der Waals surface area contributed by atoms with Crippen LogP contribution in [-0.4, -0.2) is 50.5 Å². The van der Waals surface area contributed by atoms with E-state index >= 15 is 0 Å². The maximum absolute atomic E-state index is 14.1. The van der Waals surface area contributed by atoms with Crippen LogP contribution in [0.2, 0.25) is 0 Å². The monoisotopic (exact) mass is 460 g/mol. The van der Waals surface area contributed by atoms with Gasteiger partial charge in [-0.15, -0.1) is 30.6 Å². The molecule has 1 saturated carbocycles. The van der Waals surface area contributed by atoms with E-state index in [1.54, 1.807) is 26.2 Å². The zero-order valence-corrected chi connectivity index (χ0v) is 17.0. The van der Waals surface area contributed by atoms with Crippen LogP contribution in [0.3, 0.4) is 0 Å². The van der Waals surface area contributed by atoms with E-state index in [4.69, 9.17) is 0 Å². The largest absolute Gasteiger partial charge is 0.355 e. The van der Waals surface area contributed by atoms with E-state index in [0.717, 1.165) is 18.4 Å². The SMILES string of the molecule is C=CCNC(=NCC(=O)N(C)C)NCC1(c2ccccc2F)CC1.I. The fraction of sp³-hybridized carbons (Fsp3) is 0.444. The van der Waals surface area contributed by atoms with Crippen LogP contribution < -0.4 is 10.6 Å². The minimum Gasteiger partial charge on any atom is -0.355 e. The molecule has 0 bridgehead atoms. The van der Waals surface area contributed by atoms with Crippen molar-refractivity contribution in [3.05, 3.63) is 48.3 Å². The van der Waals surface area contributed by atoms with Gasteiger partial charge in [0, 0.05) is 32.6 Å². The first-order valence-corrected chi connectivity index (χ1v) is 8.07. The van der Waals surface area contributed by atoms with Crippen molar-refractivity contribution >= 4 is 35.8 Å². The predicted octanol–water partition coefficient (Wildman–Crippen LogP) is 2.28. The summed E-state index contributed by atoms with van der Waals surface area (Å²) >= 11 is 0. The standard InChI is InChI=1S/C18H25FN4O.HI/c1-4-11-20-17(21-12-16(24)23(2)3)22-13-18(9-10-18)14-7-5-6-8-15(14)19;/h4-8H,1,9-13H2,2-3H3,(H2,20,21,22);1H. The number of nitrogens with one attached hydrogen (secondary N) is 2. The van der Waals surface area contributed by atoms with Crippen LogP contribution in [0.5, 0.6) is 0 Å². The maximum atomic E-state index is 14.1. The van der Waals surface area contributed by atoms with Gasteiger partial charge >= 0.3 is 0 Å². The second-order valence-electron chi connectivity index (χ2n) is 6.24. The van der Waals surface area contributed by atoms with Crippen LogP contribution in [0, 0.1) is 5.82 Å². The van der Waals surface area contributed by atoms with Gasteiger partial charge in [-0.1, -0.05) is 24.3 Å². The minimum absolute atomic E-state index is 0. The van der Waals surface area contributed by atoms with Gasteiger partial charge in [0.1, 0.15) is 12.4 Å². The average molecular weight is 460 g/mol. The van der Waals surface area contributed by atoms with Crippen LogP contribution in [0.4, 0.5) is 4.39 Å². The molecular formula is C18H26FIN4O. The van der Waals surface area contributed by atoms with E-state index in [0.29, 0.717) is 19.0 Å². The number of carbonyl (C=O) groups excluding carboxylic acids is 1. The van der Waals surface area contributed by atoms with E-state index < -0.39 is 0 Å². The molecule has 0 atom stereocenters. The highest BCUT2D eigenvalue weighted by molar-refractivity contribution is 14.0. The van der Waals surface area contributed by atoms with Crippen LogP contribution in [-0.2, 0) is 10.2 Å². The highest BCUT2D eigenvalue weighted by atomic mass is 127. The summed E-state index contributed by atoms with van der Waals surface area (Å²) in [6.07, 6.45) is 3.59. The Labute approximate surface area is 165 Å².